The highest BCUT2D eigenvalue weighted by atomic mass is 32.2. The number of benzene rings is 2. The Hall–Kier alpha value is -2.78. The number of carbonyl (C=O) groups is 1. The summed E-state index contributed by atoms with van der Waals surface area (Å²) >= 11 is 1.15. The number of amidine groups is 1. The van der Waals surface area contributed by atoms with Crippen molar-refractivity contribution >= 4 is 39.7 Å². The molecule has 2 aromatic rings. The van der Waals surface area contributed by atoms with E-state index in [9.17, 15) is 4.79 Å². The maximum Gasteiger partial charge on any atom is 0.264 e. The molecule has 3 rings (SSSR count). The zero-order valence-electron chi connectivity index (χ0n) is 11.7. The summed E-state index contributed by atoms with van der Waals surface area (Å²) in [6.45, 7) is 0. The fourth-order valence-electron chi connectivity index (χ4n) is 2.14. The van der Waals surface area contributed by atoms with E-state index < -0.39 is 0 Å². The van der Waals surface area contributed by atoms with E-state index in [1.807, 2.05) is 36.4 Å². The lowest BCUT2D eigenvalue weighted by Crippen LogP contribution is -2.19. The molecule has 1 heterocycles. The average molecular weight is 309 g/mol. The first-order valence-electron chi connectivity index (χ1n) is 6.45. The van der Waals surface area contributed by atoms with E-state index in [0.29, 0.717) is 10.1 Å². The van der Waals surface area contributed by atoms with Gasteiger partial charge in [-0.1, -0.05) is 18.2 Å². The Balaban J connectivity index is 1.97. The Morgan fingerprint density at radius 3 is 2.86 bits per heavy atom. The van der Waals surface area contributed by atoms with Crippen molar-refractivity contribution < 1.29 is 9.53 Å². The van der Waals surface area contributed by atoms with Gasteiger partial charge in [-0.2, -0.15) is 5.26 Å². The molecule has 1 aliphatic heterocycles. The van der Waals surface area contributed by atoms with E-state index in [2.05, 4.69) is 10.3 Å². The van der Waals surface area contributed by atoms with Gasteiger partial charge >= 0.3 is 0 Å². The van der Waals surface area contributed by atoms with Crippen molar-refractivity contribution in [2.45, 2.75) is 0 Å². The molecular formula is C16H11N3O2S. The number of nitriles is 1. The van der Waals surface area contributed by atoms with E-state index in [0.717, 1.165) is 33.8 Å². The van der Waals surface area contributed by atoms with Gasteiger partial charge in [-0.05, 0) is 52.4 Å². The molecule has 6 heteroatoms. The first-order valence-corrected chi connectivity index (χ1v) is 7.27. The number of thioether (sulfide) groups is 1. The molecule has 108 valence electrons. The lowest BCUT2D eigenvalue weighted by atomic mass is 10.1. The Labute approximate surface area is 131 Å². The van der Waals surface area contributed by atoms with E-state index >= 15 is 0 Å². The third kappa shape index (κ3) is 2.80. The Kier molecular flexibility index (Phi) is 3.81. The first kappa shape index (κ1) is 14.2. The summed E-state index contributed by atoms with van der Waals surface area (Å²) in [4.78, 5) is 15.9. The molecule has 0 radical (unpaired) electrons. The fourth-order valence-corrected chi connectivity index (χ4v) is 2.91. The van der Waals surface area contributed by atoms with E-state index in [1.165, 1.54) is 0 Å². The molecule has 0 aliphatic carbocycles. The van der Waals surface area contributed by atoms with Gasteiger partial charge in [-0.25, -0.2) is 0 Å². The third-order valence-electron chi connectivity index (χ3n) is 3.17. The standard InChI is InChI=1S/C16H11N3O2S/c1-21-13-5-4-11-3-2-10(6-12(11)8-13)7-14-15(20)19-16(22-14)18-9-17/h2-8H,1H3,(H,18,19,20). The number of ether oxygens (including phenoxy) is 1. The lowest BCUT2D eigenvalue weighted by molar-refractivity contribution is -0.115. The van der Waals surface area contributed by atoms with E-state index in [1.54, 1.807) is 19.4 Å². The van der Waals surface area contributed by atoms with Crippen molar-refractivity contribution in [3.05, 3.63) is 46.9 Å². The summed E-state index contributed by atoms with van der Waals surface area (Å²) in [5.41, 5.74) is 0.900. The van der Waals surface area contributed by atoms with Crippen LogP contribution < -0.4 is 10.1 Å². The monoisotopic (exact) mass is 309 g/mol. The minimum atomic E-state index is -0.246. The molecule has 0 aromatic heterocycles. The number of fused-ring (bicyclic) bond motifs is 1. The number of nitrogens with one attached hydrogen (secondary N) is 1. The Bertz CT molecular complexity index is 865. The molecule has 1 aliphatic rings. The number of rotatable bonds is 2. The van der Waals surface area contributed by atoms with Gasteiger partial charge in [0.05, 0.1) is 12.0 Å². The highest BCUT2D eigenvalue weighted by molar-refractivity contribution is 8.18. The lowest BCUT2D eigenvalue weighted by Gasteiger charge is -2.03. The van der Waals surface area contributed by atoms with E-state index in [4.69, 9.17) is 10.00 Å². The number of nitrogens with zero attached hydrogens (tertiary/aromatic N) is 2. The minimum Gasteiger partial charge on any atom is -0.497 e. The number of hydrogen-bond acceptors (Lipinski definition) is 5. The molecule has 0 unspecified atom stereocenters. The van der Waals surface area contributed by atoms with Crippen LogP contribution in [0.15, 0.2) is 46.3 Å². The van der Waals surface area contributed by atoms with Gasteiger partial charge in [0.2, 0.25) is 6.19 Å². The Morgan fingerprint density at radius 2 is 2.09 bits per heavy atom. The molecule has 0 bridgehead atoms. The Morgan fingerprint density at radius 1 is 1.27 bits per heavy atom. The van der Waals surface area contributed by atoms with Crippen molar-refractivity contribution in [2.75, 3.05) is 7.11 Å². The van der Waals surface area contributed by atoms with Crippen LogP contribution in [-0.2, 0) is 4.79 Å². The van der Waals surface area contributed by atoms with Crippen molar-refractivity contribution in [2.24, 2.45) is 4.99 Å². The van der Waals surface area contributed by atoms with Gasteiger partial charge in [0, 0.05) is 0 Å². The topological polar surface area (TPSA) is 74.5 Å². The third-order valence-corrected chi connectivity index (χ3v) is 4.08. The van der Waals surface area contributed by atoms with Gasteiger partial charge in [-0.15, -0.1) is 4.99 Å². The molecule has 0 atom stereocenters. The van der Waals surface area contributed by atoms with Crippen LogP contribution in [0.5, 0.6) is 5.75 Å². The summed E-state index contributed by atoms with van der Waals surface area (Å²) in [5, 5.41) is 13.5. The zero-order valence-corrected chi connectivity index (χ0v) is 12.5. The molecule has 1 fully saturated rings. The SMILES string of the molecule is COc1ccc2ccc(C=C3SC(=NC#N)NC3=O)cc2c1. The van der Waals surface area contributed by atoms with Crippen molar-refractivity contribution in [3.63, 3.8) is 0 Å². The summed E-state index contributed by atoms with van der Waals surface area (Å²) in [7, 11) is 1.63. The zero-order chi connectivity index (χ0) is 15.5. The number of carbonyl (C=O) groups excluding carboxylic acids is 1. The fraction of sp³-hybridized carbons (Fsp3) is 0.0625. The van der Waals surface area contributed by atoms with Crippen LogP contribution in [0, 0.1) is 11.5 Å². The van der Waals surface area contributed by atoms with Crippen molar-refractivity contribution in [1.29, 1.82) is 5.26 Å². The first-order chi connectivity index (χ1) is 10.7. The van der Waals surface area contributed by atoms with Crippen LogP contribution in [0.25, 0.3) is 16.8 Å². The van der Waals surface area contributed by atoms with E-state index in [-0.39, 0.29) is 5.91 Å². The quantitative estimate of drug-likeness (QED) is 0.684. The summed E-state index contributed by atoms with van der Waals surface area (Å²) in [6.07, 6.45) is 3.44. The number of methoxy groups -OCH3 is 1. The summed E-state index contributed by atoms with van der Waals surface area (Å²) in [6, 6.07) is 11.8. The van der Waals surface area contributed by atoms with Gasteiger partial charge in [0.1, 0.15) is 5.75 Å². The highest BCUT2D eigenvalue weighted by Gasteiger charge is 2.23. The predicted molar refractivity (Wildman–Crippen MR) is 87.3 cm³/mol. The summed E-state index contributed by atoms with van der Waals surface area (Å²) < 4.78 is 5.22. The average Bonchev–Trinajstić information content (AvgIpc) is 2.86. The molecule has 1 N–H and O–H groups in total. The van der Waals surface area contributed by atoms with Gasteiger partial charge in [0.15, 0.2) is 5.17 Å². The number of hydrogen-bond donors (Lipinski definition) is 1. The van der Waals surface area contributed by atoms with Crippen LogP contribution in [0.4, 0.5) is 0 Å². The maximum absolute atomic E-state index is 11.8. The molecule has 0 saturated carbocycles. The van der Waals surface area contributed by atoms with Gasteiger partial charge in [0.25, 0.3) is 5.91 Å². The van der Waals surface area contributed by atoms with Gasteiger partial charge < -0.3 is 4.74 Å². The smallest absolute Gasteiger partial charge is 0.264 e. The molecular weight excluding hydrogens is 298 g/mol. The molecule has 1 amide bonds. The molecule has 0 spiro atoms. The van der Waals surface area contributed by atoms with Crippen molar-refractivity contribution in [3.8, 4) is 11.9 Å². The highest BCUT2D eigenvalue weighted by Crippen LogP contribution is 2.28. The van der Waals surface area contributed by atoms with Crippen LogP contribution >= 0.6 is 11.8 Å². The molecule has 2 aromatic carbocycles. The van der Waals surface area contributed by atoms with Crippen molar-refractivity contribution in [1.82, 2.24) is 5.32 Å². The van der Waals surface area contributed by atoms with Crippen LogP contribution in [0.2, 0.25) is 0 Å². The second-order valence-electron chi connectivity index (χ2n) is 4.55. The van der Waals surface area contributed by atoms with Crippen LogP contribution in [-0.4, -0.2) is 18.2 Å². The number of aliphatic imine (C=N–C) groups is 1. The van der Waals surface area contributed by atoms with Crippen LogP contribution in [0.1, 0.15) is 5.56 Å². The maximum atomic E-state index is 11.8. The molecule has 22 heavy (non-hydrogen) atoms. The van der Waals surface area contributed by atoms with Crippen LogP contribution in [0.3, 0.4) is 0 Å². The second-order valence-corrected chi connectivity index (χ2v) is 5.58. The summed E-state index contributed by atoms with van der Waals surface area (Å²) in [5.74, 6) is 0.540. The largest absolute Gasteiger partial charge is 0.497 e. The normalized spacial score (nSPS) is 17.7. The minimum absolute atomic E-state index is 0.246. The van der Waals surface area contributed by atoms with Gasteiger partial charge in [-0.3, -0.25) is 10.1 Å². The number of amides is 1. The molecule has 1 saturated heterocycles. The molecule has 5 nitrogen and oxygen atoms in total. The second kappa shape index (κ2) is 5.92. The predicted octanol–water partition coefficient (Wildman–Crippen LogP) is 2.89.